The van der Waals surface area contributed by atoms with Crippen LogP contribution in [-0.4, -0.2) is 65.8 Å². The number of hydrogen-bond donors (Lipinski definition) is 1. The van der Waals surface area contributed by atoms with Gasteiger partial charge in [-0.3, -0.25) is 14.6 Å². The van der Waals surface area contributed by atoms with Gasteiger partial charge in [0.05, 0.1) is 33.5 Å². The molecule has 2 aliphatic rings. The fourth-order valence-electron chi connectivity index (χ4n) is 6.47. The van der Waals surface area contributed by atoms with Crippen LogP contribution in [0.2, 0.25) is 0 Å². The fraction of sp³-hybridized carbons (Fsp3) is 0.367. The Morgan fingerprint density at radius 1 is 1.05 bits per heavy atom. The number of aromatic amines is 1. The Labute approximate surface area is 222 Å². The third-order valence-electron chi connectivity index (χ3n) is 8.25. The van der Waals surface area contributed by atoms with Crippen LogP contribution in [0.5, 0.6) is 11.5 Å². The first kappa shape index (κ1) is 24.6. The van der Waals surface area contributed by atoms with Crippen LogP contribution in [0.3, 0.4) is 0 Å². The number of H-pyrrole nitrogens is 1. The molecule has 38 heavy (non-hydrogen) atoms. The average Bonchev–Trinajstić information content (AvgIpc) is 3.65. The summed E-state index contributed by atoms with van der Waals surface area (Å²) in [6.45, 7) is 1.51. The summed E-state index contributed by atoms with van der Waals surface area (Å²) in [5.74, 6) is 1.22. The van der Waals surface area contributed by atoms with Crippen molar-refractivity contribution in [1.82, 2.24) is 19.4 Å². The summed E-state index contributed by atoms with van der Waals surface area (Å²) in [7, 11) is 6.86. The normalized spacial score (nSPS) is 21.3. The maximum Gasteiger partial charge on any atom is 0.325 e. The average molecular weight is 515 g/mol. The first-order valence-corrected chi connectivity index (χ1v) is 13.1. The predicted molar refractivity (Wildman–Crippen MR) is 145 cm³/mol. The highest BCUT2D eigenvalue weighted by Gasteiger charge is 2.54. The van der Waals surface area contributed by atoms with Crippen LogP contribution >= 0.6 is 0 Å². The van der Waals surface area contributed by atoms with Crippen molar-refractivity contribution in [2.24, 2.45) is 7.05 Å². The van der Waals surface area contributed by atoms with E-state index in [2.05, 4.69) is 61.9 Å². The number of benzene rings is 2. The van der Waals surface area contributed by atoms with E-state index in [4.69, 9.17) is 14.2 Å². The zero-order chi connectivity index (χ0) is 26.4. The third kappa shape index (κ3) is 3.87. The quantitative estimate of drug-likeness (QED) is 0.373. The highest BCUT2D eigenvalue weighted by Crippen LogP contribution is 2.50. The van der Waals surface area contributed by atoms with E-state index in [1.165, 1.54) is 23.6 Å². The molecule has 4 aromatic rings. The molecule has 0 spiro atoms. The van der Waals surface area contributed by atoms with Gasteiger partial charge in [-0.05, 0) is 59.9 Å². The van der Waals surface area contributed by atoms with Gasteiger partial charge < -0.3 is 23.8 Å². The van der Waals surface area contributed by atoms with Crippen molar-refractivity contribution in [3.05, 3.63) is 83.3 Å². The van der Waals surface area contributed by atoms with E-state index in [-0.39, 0.29) is 18.2 Å². The van der Waals surface area contributed by atoms with Crippen molar-refractivity contribution in [2.45, 2.75) is 31.1 Å². The number of carbonyl (C=O) groups is 1. The third-order valence-corrected chi connectivity index (χ3v) is 8.25. The standard InChI is InChI=1S/C30H34N4O4/c1-32-13-7-10-24(32)27-28(30(35)38-4)34-14-11-19-16-25(36-2)26(37-3)17-22(19)29(34)33(27)15-12-20-18-31-23-9-6-5-8-21(20)23/h5-10,13,16-18,27-29,31H,11-12,14-15H2,1-4H3/t27-,28+,29-/m1/s1. The van der Waals surface area contributed by atoms with Gasteiger partial charge in [0.1, 0.15) is 6.04 Å². The topological polar surface area (TPSA) is 72.0 Å². The number of aryl methyl sites for hydroxylation is 1. The van der Waals surface area contributed by atoms with Gasteiger partial charge in [0.15, 0.2) is 11.5 Å². The second-order valence-electron chi connectivity index (χ2n) is 10.1. The molecule has 3 atom stereocenters. The first-order chi connectivity index (χ1) is 18.5. The van der Waals surface area contributed by atoms with Gasteiger partial charge in [-0.15, -0.1) is 0 Å². The maximum absolute atomic E-state index is 13.4. The minimum absolute atomic E-state index is 0.104. The van der Waals surface area contributed by atoms with E-state index in [1.54, 1.807) is 14.2 Å². The molecule has 2 aromatic heterocycles. The van der Waals surface area contributed by atoms with Crippen LogP contribution in [0.1, 0.15) is 34.6 Å². The molecule has 0 unspecified atom stereocenters. The number of rotatable bonds is 7. The number of fused-ring (bicyclic) bond motifs is 4. The minimum atomic E-state index is -0.428. The van der Waals surface area contributed by atoms with E-state index >= 15 is 0 Å². The van der Waals surface area contributed by atoms with Crippen LogP contribution in [0.25, 0.3) is 10.9 Å². The zero-order valence-corrected chi connectivity index (χ0v) is 22.3. The molecule has 1 N–H and O–H groups in total. The summed E-state index contributed by atoms with van der Waals surface area (Å²) in [4.78, 5) is 21.6. The second kappa shape index (κ2) is 9.85. The number of esters is 1. The maximum atomic E-state index is 13.4. The first-order valence-electron chi connectivity index (χ1n) is 13.1. The van der Waals surface area contributed by atoms with Gasteiger partial charge in [0, 0.05) is 49.1 Å². The Balaban J connectivity index is 1.48. The summed E-state index contributed by atoms with van der Waals surface area (Å²) in [6, 6.07) is 16.1. The highest BCUT2D eigenvalue weighted by molar-refractivity contribution is 5.83. The molecule has 0 radical (unpaired) electrons. The monoisotopic (exact) mass is 514 g/mol. The fourth-order valence-corrected chi connectivity index (χ4v) is 6.47. The number of aromatic nitrogens is 2. The Morgan fingerprint density at radius 3 is 2.58 bits per heavy atom. The smallest absolute Gasteiger partial charge is 0.325 e. The Hall–Kier alpha value is -3.75. The van der Waals surface area contributed by atoms with Gasteiger partial charge in [0.2, 0.25) is 0 Å². The summed E-state index contributed by atoms with van der Waals surface area (Å²) < 4.78 is 18.9. The molecule has 0 bridgehead atoms. The van der Waals surface area contributed by atoms with E-state index in [9.17, 15) is 4.79 Å². The van der Waals surface area contributed by atoms with Crippen molar-refractivity contribution >= 4 is 16.9 Å². The van der Waals surface area contributed by atoms with Crippen molar-refractivity contribution in [3.8, 4) is 11.5 Å². The number of carbonyl (C=O) groups excluding carboxylic acids is 1. The molecular weight excluding hydrogens is 480 g/mol. The second-order valence-corrected chi connectivity index (χ2v) is 10.1. The molecule has 1 fully saturated rings. The molecular formula is C30H34N4O4. The Morgan fingerprint density at radius 2 is 1.84 bits per heavy atom. The van der Waals surface area contributed by atoms with E-state index in [1.807, 2.05) is 25.4 Å². The highest BCUT2D eigenvalue weighted by atomic mass is 16.5. The van der Waals surface area contributed by atoms with Gasteiger partial charge in [-0.2, -0.15) is 0 Å². The molecule has 198 valence electrons. The molecule has 8 heteroatoms. The van der Waals surface area contributed by atoms with Crippen LogP contribution in [0.15, 0.2) is 60.9 Å². The lowest BCUT2D eigenvalue weighted by atomic mass is 9.95. The summed E-state index contributed by atoms with van der Waals surface area (Å²) in [5, 5.41) is 1.24. The van der Waals surface area contributed by atoms with Crippen molar-refractivity contribution < 1.29 is 19.0 Å². The lowest BCUT2D eigenvalue weighted by molar-refractivity contribution is -0.147. The summed E-state index contributed by atoms with van der Waals surface area (Å²) >= 11 is 0. The number of ether oxygens (including phenoxy) is 3. The number of nitrogens with one attached hydrogen (secondary N) is 1. The van der Waals surface area contributed by atoms with Gasteiger partial charge in [-0.25, -0.2) is 0 Å². The van der Waals surface area contributed by atoms with Gasteiger partial charge in [-0.1, -0.05) is 18.2 Å². The zero-order valence-electron chi connectivity index (χ0n) is 22.3. The van der Waals surface area contributed by atoms with Crippen molar-refractivity contribution in [3.63, 3.8) is 0 Å². The SMILES string of the molecule is COC(=O)[C@@H]1[C@@H](c2cccn2C)N(CCc2c[nH]c3ccccc23)[C@H]2c3cc(OC)c(OC)cc3CCN21. The largest absolute Gasteiger partial charge is 0.493 e. The lowest BCUT2D eigenvalue weighted by Gasteiger charge is -2.37. The molecule has 6 rings (SSSR count). The molecule has 0 amide bonds. The lowest BCUT2D eigenvalue weighted by Crippen LogP contribution is -2.43. The van der Waals surface area contributed by atoms with Gasteiger partial charge >= 0.3 is 5.97 Å². The van der Waals surface area contributed by atoms with E-state index in [0.717, 1.165) is 48.5 Å². The Kier molecular flexibility index (Phi) is 6.37. The molecule has 0 saturated carbocycles. The summed E-state index contributed by atoms with van der Waals surface area (Å²) in [6.07, 6.45) is 5.70. The predicted octanol–water partition coefficient (Wildman–Crippen LogP) is 4.22. The van der Waals surface area contributed by atoms with Crippen molar-refractivity contribution in [2.75, 3.05) is 34.4 Å². The van der Waals surface area contributed by atoms with Gasteiger partial charge in [0.25, 0.3) is 0 Å². The molecule has 2 aliphatic heterocycles. The van der Waals surface area contributed by atoms with Crippen molar-refractivity contribution in [1.29, 1.82) is 0 Å². The van der Waals surface area contributed by atoms with E-state index < -0.39 is 6.04 Å². The number of methoxy groups -OCH3 is 3. The molecule has 0 aliphatic carbocycles. The number of para-hydroxylation sites is 1. The Bertz CT molecular complexity index is 1470. The number of nitrogens with zero attached hydrogens (tertiary/aromatic N) is 3. The van der Waals surface area contributed by atoms with Crippen LogP contribution in [0.4, 0.5) is 0 Å². The molecule has 4 heterocycles. The minimum Gasteiger partial charge on any atom is -0.493 e. The number of hydrogen-bond acceptors (Lipinski definition) is 6. The van der Waals surface area contributed by atoms with Crippen LogP contribution < -0.4 is 9.47 Å². The molecule has 1 saturated heterocycles. The van der Waals surface area contributed by atoms with Crippen LogP contribution in [-0.2, 0) is 29.4 Å². The van der Waals surface area contributed by atoms with Crippen LogP contribution in [0, 0.1) is 0 Å². The summed E-state index contributed by atoms with van der Waals surface area (Å²) in [5.41, 5.74) is 5.87. The molecule has 8 nitrogen and oxygen atoms in total. The molecule has 2 aromatic carbocycles. The van der Waals surface area contributed by atoms with E-state index in [0.29, 0.717) is 5.75 Å².